The van der Waals surface area contributed by atoms with Crippen molar-refractivity contribution in [2.45, 2.75) is 6.92 Å². The molecule has 2 N–H and O–H groups in total. The molecule has 2 aromatic rings. The number of carbonyl (C=O) groups excluding carboxylic acids is 2. The summed E-state index contributed by atoms with van der Waals surface area (Å²) in [5.74, 6) is 0.197. The molecule has 7 heteroatoms. The van der Waals surface area contributed by atoms with Gasteiger partial charge in [0, 0.05) is 11.3 Å². The second-order valence-corrected chi connectivity index (χ2v) is 6.73. The van der Waals surface area contributed by atoms with Crippen molar-refractivity contribution in [2.75, 3.05) is 44.6 Å². The number of rotatable bonds is 6. The van der Waals surface area contributed by atoms with Gasteiger partial charge in [-0.25, -0.2) is 4.39 Å². The van der Waals surface area contributed by atoms with Gasteiger partial charge in [0.15, 0.2) is 6.54 Å². The van der Waals surface area contributed by atoms with Crippen LogP contribution in [0.3, 0.4) is 0 Å². The van der Waals surface area contributed by atoms with E-state index < -0.39 is 0 Å². The van der Waals surface area contributed by atoms with Gasteiger partial charge in [-0.3, -0.25) is 9.59 Å². The van der Waals surface area contributed by atoms with Crippen molar-refractivity contribution < 1.29 is 23.6 Å². The van der Waals surface area contributed by atoms with Crippen LogP contribution in [-0.4, -0.2) is 56.0 Å². The molecule has 1 fully saturated rings. The van der Waals surface area contributed by atoms with Crippen molar-refractivity contribution in [1.82, 2.24) is 4.90 Å². The fraction of sp³-hybridized carbons (Fsp3) is 0.333. The molecule has 0 unspecified atom stereocenters. The number of quaternary nitrogens is 1. The molecule has 0 saturated carbocycles. The third kappa shape index (κ3) is 5.29. The topological polar surface area (TPSA) is 63.1 Å². The molecule has 3 rings (SSSR count). The molecule has 148 valence electrons. The molecule has 28 heavy (non-hydrogen) atoms. The highest BCUT2D eigenvalue weighted by Crippen LogP contribution is 2.14. The van der Waals surface area contributed by atoms with Crippen LogP contribution in [0.25, 0.3) is 0 Å². The van der Waals surface area contributed by atoms with Crippen molar-refractivity contribution in [2.24, 2.45) is 0 Å². The highest BCUT2D eigenvalue weighted by molar-refractivity contribution is 5.94. The van der Waals surface area contributed by atoms with Crippen molar-refractivity contribution >= 4 is 17.5 Å². The summed E-state index contributed by atoms with van der Waals surface area (Å²) in [7, 11) is 0. The lowest BCUT2D eigenvalue weighted by Crippen LogP contribution is -3.15. The Morgan fingerprint density at radius 1 is 1.14 bits per heavy atom. The number of anilines is 1. The van der Waals surface area contributed by atoms with E-state index in [2.05, 4.69) is 5.32 Å². The van der Waals surface area contributed by atoms with E-state index >= 15 is 0 Å². The number of benzene rings is 2. The molecule has 0 radical (unpaired) electrons. The Hall–Kier alpha value is -2.93. The van der Waals surface area contributed by atoms with Crippen molar-refractivity contribution in [3.05, 3.63) is 59.9 Å². The van der Waals surface area contributed by atoms with Gasteiger partial charge in [-0.15, -0.1) is 0 Å². The molecule has 2 amide bonds. The first kappa shape index (κ1) is 19.8. The Kier molecular flexibility index (Phi) is 6.60. The molecule has 0 atom stereocenters. The Labute approximate surface area is 163 Å². The second kappa shape index (κ2) is 9.32. The molecule has 1 heterocycles. The molecule has 6 nitrogen and oxygen atoms in total. The van der Waals surface area contributed by atoms with Gasteiger partial charge in [-0.2, -0.15) is 0 Å². The summed E-state index contributed by atoms with van der Waals surface area (Å²) in [6.07, 6.45) is 0. The van der Waals surface area contributed by atoms with Crippen LogP contribution in [0, 0.1) is 5.82 Å². The normalized spacial score (nSPS) is 14.6. The minimum atomic E-state index is -0.383. The zero-order chi connectivity index (χ0) is 19.9. The minimum Gasteiger partial charge on any atom is -0.494 e. The van der Waals surface area contributed by atoms with E-state index in [1.54, 1.807) is 36.4 Å². The van der Waals surface area contributed by atoms with E-state index in [0.717, 1.165) is 10.6 Å². The summed E-state index contributed by atoms with van der Waals surface area (Å²) in [5, 5.41) is 2.71. The molecular weight excluding hydrogens is 361 g/mol. The Morgan fingerprint density at radius 2 is 1.86 bits per heavy atom. The van der Waals surface area contributed by atoms with Crippen molar-refractivity contribution in [3.8, 4) is 5.75 Å². The van der Waals surface area contributed by atoms with Gasteiger partial charge in [0.2, 0.25) is 0 Å². The molecule has 0 bridgehead atoms. The fourth-order valence-corrected chi connectivity index (χ4v) is 3.24. The van der Waals surface area contributed by atoms with Crippen LogP contribution in [0.15, 0.2) is 48.5 Å². The number of piperazine rings is 1. The highest BCUT2D eigenvalue weighted by atomic mass is 19.1. The van der Waals surface area contributed by atoms with Gasteiger partial charge in [-0.1, -0.05) is 6.07 Å². The van der Waals surface area contributed by atoms with E-state index in [1.807, 2.05) is 11.8 Å². The number of amides is 2. The van der Waals surface area contributed by atoms with Gasteiger partial charge in [0.1, 0.15) is 11.6 Å². The van der Waals surface area contributed by atoms with E-state index in [9.17, 15) is 14.0 Å². The monoisotopic (exact) mass is 386 g/mol. The third-order valence-corrected chi connectivity index (χ3v) is 4.69. The predicted molar refractivity (Wildman–Crippen MR) is 104 cm³/mol. The van der Waals surface area contributed by atoms with Crippen LogP contribution < -0.4 is 15.0 Å². The summed E-state index contributed by atoms with van der Waals surface area (Å²) in [6, 6.07) is 13.0. The van der Waals surface area contributed by atoms with Gasteiger partial charge >= 0.3 is 0 Å². The third-order valence-electron chi connectivity index (χ3n) is 4.69. The molecule has 1 aliphatic heterocycles. The smallest absolute Gasteiger partial charge is 0.279 e. The summed E-state index contributed by atoms with van der Waals surface area (Å²) in [4.78, 5) is 27.7. The first-order valence-corrected chi connectivity index (χ1v) is 9.46. The number of nitrogens with one attached hydrogen (secondary N) is 2. The predicted octanol–water partition coefficient (Wildman–Crippen LogP) is 1.20. The van der Waals surface area contributed by atoms with Gasteiger partial charge < -0.3 is 19.9 Å². The molecule has 0 aromatic heterocycles. The SMILES string of the molecule is CCOc1ccc(C(=O)N2CC[NH+](CC(=O)Nc3cccc(F)c3)CC2)cc1. The maximum Gasteiger partial charge on any atom is 0.279 e. The van der Waals surface area contributed by atoms with Crippen LogP contribution in [-0.2, 0) is 4.79 Å². The molecule has 1 aliphatic rings. The van der Waals surface area contributed by atoms with Crippen LogP contribution in [0.2, 0.25) is 0 Å². The lowest BCUT2D eigenvalue weighted by atomic mass is 10.1. The van der Waals surface area contributed by atoms with E-state index in [4.69, 9.17) is 4.74 Å². The largest absolute Gasteiger partial charge is 0.494 e. The molecule has 1 saturated heterocycles. The Morgan fingerprint density at radius 3 is 2.50 bits per heavy atom. The van der Waals surface area contributed by atoms with Gasteiger partial charge in [0.05, 0.1) is 32.8 Å². The second-order valence-electron chi connectivity index (χ2n) is 6.73. The van der Waals surface area contributed by atoms with Crippen molar-refractivity contribution in [3.63, 3.8) is 0 Å². The quantitative estimate of drug-likeness (QED) is 0.784. The zero-order valence-corrected chi connectivity index (χ0v) is 15.9. The summed E-state index contributed by atoms with van der Waals surface area (Å²) >= 11 is 0. The van der Waals surface area contributed by atoms with Crippen molar-refractivity contribution in [1.29, 1.82) is 0 Å². The number of carbonyl (C=O) groups is 2. The minimum absolute atomic E-state index is 0.00805. The van der Waals surface area contributed by atoms with Crippen LogP contribution in [0.4, 0.5) is 10.1 Å². The molecular formula is C21H25FN3O3+. The number of hydrogen-bond donors (Lipinski definition) is 2. The number of nitrogens with zero attached hydrogens (tertiary/aromatic N) is 1. The first-order chi connectivity index (χ1) is 13.5. The maximum absolute atomic E-state index is 13.2. The lowest BCUT2D eigenvalue weighted by Gasteiger charge is -2.32. The maximum atomic E-state index is 13.2. The Bertz CT molecular complexity index is 818. The van der Waals surface area contributed by atoms with E-state index in [-0.39, 0.29) is 17.6 Å². The van der Waals surface area contributed by atoms with Gasteiger partial charge in [0.25, 0.3) is 11.8 Å². The van der Waals surface area contributed by atoms with E-state index in [1.165, 1.54) is 12.1 Å². The average molecular weight is 386 g/mol. The molecule has 0 aliphatic carbocycles. The number of ether oxygens (including phenoxy) is 1. The van der Waals surface area contributed by atoms with Crippen LogP contribution in [0.1, 0.15) is 17.3 Å². The lowest BCUT2D eigenvalue weighted by molar-refractivity contribution is -0.895. The summed E-state index contributed by atoms with van der Waals surface area (Å²) in [5.41, 5.74) is 1.09. The average Bonchev–Trinajstić information content (AvgIpc) is 2.69. The highest BCUT2D eigenvalue weighted by Gasteiger charge is 2.26. The van der Waals surface area contributed by atoms with Crippen LogP contribution in [0.5, 0.6) is 5.75 Å². The Balaban J connectivity index is 1.47. The standard InChI is InChI=1S/C21H24FN3O3/c1-2-28-19-8-6-16(7-9-19)21(27)25-12-10-24(11-13-25)15-20(26)23-18-5-3-4-17(22)14-18/h3-9,14H,2,10-13,15H2,1H3,(H,23,26)/p+1. The van der Waals surface area contributed by atoms with Gasteiger partial charge in [-0.05, 0) is 49.4 Å². The van der Waals surface area contributed by atoms with E-state index in [0.29, 0.717) is 50.6 Å². The van der Waals surface area contributed by atoms with Crippen LogP contribution >= 0.6 is 0 Å². The molecule has 0 spiro atoms. The number of hydrogen-bond acceptors (Lipinski definition) is 3. The fourth-order valence-electron chi connectivity index (χ4n) is 3.24. The summed E-state index contributed by atoms with van der Waals surface area (Å²) in [6.45, 7) is 5.37. The zero-order valence-electron chi connectivity index (χ0n) is 15.9. The molecule has 2 aromatic carbocycles. The number of halogens is 1. The first-order valence-electron chi connectivity index (χ1n) is 9.46. The summed E-state index contributed by atoms with van der Waals surface area (Å²) < 4.78 is 18.6.